The van der Waals surface area contributed by atoms with Crippen LogP contribution < -0.4 is 16.2 Å². The second kappa shape index (κ2) is 6.88. The van der Waals surface area contributed by atoms with Crippen molar-refractivity contribution in [2.24, 2.45) is 0 Å². The van der Waals surface area contributed by atoms with Crippen molar-refractivity contribution in [1.29, 1.82) is 0 Å². The highest BCUT2D eigenvalue weighted by molar-refractivity contribution is 7.14. The van der Waals surface area contributed by atoms with Crippen molar-refractivity contribution >= 4 is 22.4 Å². The molecule has 0 radical (unpaired) electrons. The van der Waals surface area contributed by atoms with Gasteiger partial charge in [0, 0.05) is 18.8 Å². The van der Waals surface area contributed by atoms with Gasteiger partial charge in [0.25, 0.3) is 5.56 Å². The van der Waals surface area contributed by atoms with Gasteiger partial charge in [0.05, 0.1) is 17.6 Å². The molecule has 0 aromatic carbocycles. The van der Waals surface area contributed by atoms with E-state index in [1.165, 1.54) is 22.0 Å². The Hall–Kier alpha value is -2.12. The van der Waals surface area contributed by atoms with Crippen LogP contribution in [0.5, 0.6) is 0 Å². The molecular weight excluding hydrogens is 278 g/mol. The van der Waals surface area contributed by atoms with Crippen LogP contribution in [0.4, 0.5) is 9.80 Å². The number of nitrogens with zero attached hydrogens (tertiary/aromatic N) is 1. The predicted molar refractivity (Wildman–Crippen MR) is 78.0 cm³/mol. The number of nitrogens with one attached hydrogen (secondary N) is 2. The van der Waals surface area contributed by atoms with Crippen molar-refractivity contribution in [2.45, 2.75) is 12.6 Å². The number of hydrogen-bond acceptors (Lipinski definition) is 4. The second-order valence-corrected chi connectivity index (χ2v) is 5.11. The van der Waals surface area contributed by atoms with Crippen LogP contribution in [0.25, 0.3) is 0 Å². The summed E-state index contributed by atoms with van der Waals surface area (Å²) in [6.45, 7) is 0.206. The minimum absolute atomic E-state index is 0.0680. The Bertz CT molecular complexity index is 609. The lowest BCUT2D eigenvalue weighted by molar-refractivity contribution is 0.151. The summed E-state index contributed by atoms with van der Waals surface area (Å²) in [5.41, 5.74) is -0.186. The molecule has 20 heavy (non-hydrogen) atoms. The Morgan fingerprint density at radius 3 is 2.90 bits per heavy atom. The molecule has 0 fully saturated rings. The SMILES string of the molecule is O=C(NCC(O)Cn1ccccc1=O)Nc1cccs1. The molecule has 3 N–H and O–H groups in total. The van der Waals surface area contributed by atoms with Gasteiger partial charge in [-0.15, -0.1) is 11.3 Å². The molecular formula is C13H15N3O3S. The van der Waals surface area contributed by atoms with E-state index in [4.69, 9.17) is 0 Å². The first-order valence-corrected chi connectivity index (χ1v) is 6.95. The molecule has 2 rings (SSSR count). The first-order chi connectivity index (χ1) is 9.65. The molecule has 1 atom stereocenters. The fourth-order valence-electron chi connectivity index (χ4n) is 1.62. The highest BCUT2D eigenvalue weighted by atomic mass is 32.1. The van der Waals surface area contributed by atoms with E-state index < -0.39 is 6.10 Å². The Morgan fingerprint density at radius 1 is 1.35 bits per heavy atom. The second-order valence-electron chi connectivity index (χ2n) is 4.16. The summed E-state index contributed by atoms with van der Waals surface area (Å²) in [5.74, 6) is 0. The minimum atomic E-state index is -0.829. The van der Waals surface area contributed by atoms with Crippen LogP contribution >= 0.6 is 11.3 Å². The van der Waals surface area contributed by atoms with Crippen molar-refractivity contribution in [2.75, 3.05) is 11.9 Å². The van der Waals surface area contributed by atoms with E-state index in [1.807, 2.05) is 11.4 Å². The summed E-state index contributed by atoms with van der Waals surface area (Å²) in [5, 5.41) is 17.6. The molecule has 0 aliphatic carbocycles. The summed E-state index contributed by atoms with van der Waals surface area (Å²) < 4.78 is 1.39. The molecule has 7 heteroatoms. The van der Waals surface area contributed by atoms with E-state index in [2.05, 4.69) is 10.6 Å². The van der Waals surface area contributed by atoms with Gasteiger partial charge in [-0.3, -0.25) is 10.1 Å². The number of aliphatic hydroxyl groups is 1. The fourth-order valence-corrected chi connectivity index (χ4v) is 2.23. The lowest BCUT2D eigenvalue weighted by atomic mass is 10.3. The number of amides is 2. The number of hydrogen-bond donors (Lipinski definition) is 3. The number of rotatable bonds is 5. The van der Waals surface area contributed by atoms with Crippen molar-refractivity contribution < 1.29 is 9.90 Å². The largest absolute Gasteiger partial charge is 0.389 e. The van der Waals surface area contributed by atoms with Gasteiger partial charge in [-0.2, -0.15) is 0 Å². The number of aliphatic hydroxyl groups excluding tert-OH is 1. The summed E-state index contributed by atoms with van der Waals surface area (Å²) in [7, 11) is 0. The third-order valence-electron chi connectivity index (χ3n) is 2.56. The number of pyridine rings is 1. The molecule has 2 aromatic heterocycles. The van der Waals surface area contributed by atoms with Gasteiger partial charge in [-0.25, -0.2) is 4.79 Å². The third-order valence-corrected chi connectivity index (χ3v) is 3.35. The predicted octanol–water partition coefficient (Wildman–Crippen LogP) is 1.09. The van der Waals surface area contributed by atoms with Gasteiger partial charge < -0.3 is 15.0 Å². The topological polar surface area (TPSA) is 83.4 Å². The third kappa shape index (κ3) is 4.22. The summed E-state index contributed by atoms with van der Waals surface area (Å²) in [4.78, 5) is 23.0. The van der Waals surface area contributed by atoms with Crippen LogP contribution in [0, 0.1) is 0 Å². The van der Waals surface area contributed by atoms with Crippen LogP contribution in [0.15, 0.2) is 46.7 Å². The van der Waals surface area contributed by atoms with Gasteiger partial charge in [-0.1, -0.05) is 6.07 Å². The molecule has 0 bridgehead atoms. The van der Waals surface area contributed by atoms with Crippen LogP contribution in [0.1, 0.15) is 0 Å². The van der Waals surface area contributed by atoms with Crippen molar-refractivity contribution in [3.05, 3.63) is 52.3 Å². The highest BCUT2D eigenvalue weighted by Gasteiger charge is 2.08. The number of thiophene rings is 1. The number of aromatic nitrogens is 1. The average Bonchev–Trinajstić information content (AvgIpc) is 2.92. The fraction of sp³-hybridized carbons (Fsp3) is 0.231. The molecule has 0 saturated carbocycles. The van der Waals surface area contributed by atoms with Crippen molar-refractivity contribution in [1.82, 2.24) is 9.88 Å². The molecule has 0 saturated heterocycles. The number of urea groups is 1. The molecule has 0 aliphatic rings. The molecule has 1 unspecified atom stereocenters. The smallest absolute Gasteiger partial charge is 0.319 e. The number of anilines is 1. The maximum absolute atomic E-state index is 11.5. The van der Waals surface area contributed by atoms with E-state index >= 15 is 0 Å². The maximum Gasteiger partial charge on any atom is 0.319 e. The van der Waals surface area contributed by atoms with E-state index in [1.54, 1.807) is 24.4 Å². The van der Waals surface area contributed by atoms with Crippen molar-refractivity contribution in [3.8, 4) is 0 Å². The zero-order chi connectivity index (χ0) is 14.4. The first-order valence-electron chi connectivity index (χ1n) is 6.07. The number of carbonyl (C=O) groups excluding carboxylic acids is 1. The minimum Gasteiger partial charge on any atom is -0.389 e. The molecule has 6 nitrogen and oxygen atoms in total. The zero-order valence-electron chi connectivity index (χ0n) is 10.7. The van der Waals surface area contributed by atoms with Gasteiger partial charge in [0.15, 0.2) is 0 Å². The lowest BCUT2D eigenvalue weighted by Gasteiger charge is -2.13. The molecule has 2 aromatic rings. The summed E-state index contributed by atoms with van der Waals surface area (Å²) in [6, 6.07) is 8.00. The highest BCUT2D eigenvalue weighted by Crippen LogP contribution is 2.14. The number of carbonyl (C=O) groups is 1. The Kier molecular flexibility index (Phi) is 4.91. The van der Waals surface area contributed by atoms with Crippen LogP contribution in [-0.2, 0) is 6.54 Å². The van der Waals surface area contributed by atoms with E-state index in [0.29, 0.717) is 0 Å². The van der Waals surface area contributed by atoms with E-state index in [-0.39, 0.29) is 24.7 Å². The first kappa shape index (κ1) is 14.3. The lowest BCUT2D eigenvalue weighted by Crippen LogP contribution is -2.38. The Morgan fingerprint density at radius 2 is 2.20 bits per heavy atom. The molecule has 106 valence electrons. The van der Waals surface area contributed by atoms with Gasteiger partial charge in [0.1, 0.15) is 0 Å². The summed E-state index contributed by atoms with van der Waals surface area (Å²) in [6.07, 6.45) is 0.765. The molecule has 2 amide bonds. The molecule has 2 heterocycles. The van der Waals surface area contributed by atoms with E-state index in [0.717, 1.165) is 5.00 Å². The van der Waals surface area contributed by atoms with Crippen molar-refractivity contribution in [3.63, 3.8) is 0 Å². The molecule has 0 aliphatic heterocycles. The van der Waals surface area contributed by atoms with E-state index in [9.17, 15) is 14.7 Å². The van der Waals surface area contributed by atoms with Crippen LogP contribution in [0.3, 0.4) is 0 Å². The standard InChI is InChI=1S/C13H15N3O3S/c17-10(9-16-6-2-1-5-12(16)18)8-14-13(19)15-11-4-3-7-20-11/h1-7,10,17H,8-9H2,(H2,14,15,19). The maximum atomic E-state index is 11.5. The van der Waals surface area contributed by atoms with Gasteiger partial charge >= 0.3 is 6.03 Å². The quantitative estimate of drug-likeness (QED) is 0.771. The normalized spacial score (nSPS) is 11.8. The average molecular weight is 293 g/mol. The van der Waals surface area contributed by atoms with Gasteiger partial charge in [0.2, 0.25) is 0 Å². The summed E-state index contributed by atoms with van der Waals surface area (Å²) >= 11 is 1.41. The van der Waals surface area contributed by atoms with Gasteiger partial charge in [-0.05, 0) is 23.6 Å². The van der Waals surface area contributed by atoms with Crippen LogP contribution in [0.2, 0.25) is 0 Å². The molecule has 0 spiro atoms. The van der Waals surface area contributed by atoms with Crippen LogP contribution in [-0.4, -0.2) is 28.4 Å². The Labute approximate surface area is 119 Å². The Balaban J connectivity index is 1.78. The monoisotopic (exact) mass is 293 g/mol. The zero-order valence-corrected chi connectivity index (χ0v) is 11.5.